The molecule has 0 atom stereocenters. The van der Waals surface area contributed by atoms with Gasteiger partial charge in [0.1, 0.15) is 11.4 Å². The lowest BCUT2D eigenvalue weighted by Crippen LogP contribution is -2.51. The number of phenolic OH excluding ortho intramolecular Hbond substituents is 1. The van der Waals surface area contributed by atoms with E-state index >= 15 is 0 Å². The van der Waals surface area contributed by atoms with Gasteiger partial charge in [-0.15, -0.1) is 0 Å². The highest BCUT2D eigenvalue weighted by molar-refractivity contribution is 5.77. The van der Waals surface area contributed by atoms with E-state index in [2.05, 4.69) is 10.00 Å². The normalized spacial score (nSPS) is 17.0. The number of carboxylic acid groups (broad SMARTS) is 1. The largest absolute Gasteiger partial charge is 0.508 e. The molecule has 1 aromatic carbocycles. The number of carbonyl (C=O) groups is 1. The standard InChI is InChI=1S/C20H21N3O4/c24-16-4-1-3-15(13-16)14-22-10-7-20(8-11-22,19(25)26)23-9-6-17(21-23)18-5-2-12-27-18/h1-6,9,12-13,24H,7-8,10-11,14H2,(H,25,26). The van der Waals surface area contributed by atoms with Crippen LogP contribution in [0.3, 0.4) is 0 Å². The lowest BCUT2D eigenvalue weighted by molar-refractivity contribution is -0.151. The second-order valence-corrected chi connectivity index (χ2v) is 6.91. The van der Waals surface area contributed by atoms with E-state index in [0.717, 1.165) is 5.56 Å². The molecule has 0 bridgehead atoms. The molecular weight excluding hydrogens is 346 g/mol. The third-order valence-corrected chi connectivity index (χ3v) is 5.20. The van der Waals surface area contributed by atoms with Crippen LogP contribution in [-0.2, 0) is 16.9 Å². The Morgan fingerprint density at radius 3 is 2.67 bits per heavy atom. The van der Waals surface area contributed by atoms with Crippen molar-refractivity contribution < 1.29 is 19.4 Å². The predicted octanol–water partition coefficient (Wildman–Crippen LogP) is 2.92. The van der Waals surface area contributed by atoms with Gasteiger partial charge in [0.15, 0.2) is 11.3 Å². The first-order chi connectivity index (χ1) is 13.1. The maximum absolute atomic E-state index is 12.1. The van der Waals surface area contributed by atoms with Crippen molar-refractivity contribution in [3.05, 3.63) is 60.5 Å². The zero-order valence-corrected chi connectivity index (χ0v) is 14.8. The van der Waals surface area contributed by atoms with Crippen LogP contribution in [-0.4, -0.2) is 44.0 Å². The maximum atomic E-state index is 12.1. The molecule has 0 spiro atoms. The molecular formula is C20H21N3O4. The first-order valence-corrected chi connectivity index (χ1v) is 8.90. The van der Waals surface area contributed by atoms with Crippen LogP contribution >= 0.6 is 0 Å². The summed E-state index contributed by atoms with van der Waals surface area (Å²) in [6.07, 6.45) is 4.21. The quantitative estimate of drug-likeness (QED) is 0.720. The van der Waals surface area contributed by atoms with E-state index in [1.165, 1.54) is 0 Å². The number of furan rings is 1. The van der Waals surface area contributed by atoms with Gasteiger partial charge in [-0.2, -0.15) is 5.10 Å². The Morgan fingerprint density at radius 1 is 1.19 bits per heavy atom. The van der Waals surface area contributed by atoms with Crippen molar-refractivity contribution in [2.45, 2.75) is 24.9 Å². The number of piperidine rings is 1. The Bertz CT molecular complexity index is 924. The summed E-state index contributed by atoms with van der Waals surface area (Å²) in [5.74, 6) is -0.00407. The molecule has 3 aromatic rings. The minimum absolute atomic E-state index is 0.242. The molecule has 1 fully saturated rings. The number of rotatable bonds is 5. The first kappa shape index (κ1) is 17.4. The molecule has 2 aromatic heterocycles. The molecule has 7 nitrogen and oxygen atoms in total. The van der Waals surface area contributed by atoms with E-state index in [1.54, 1.807) is 47.5 Å². The molecule has 140 valence electrons. The molecule has 0 radical (unpaired) electrons. The third kappa shape index (κ3) is 3.33. The minimum Gasteiger partial charge on any atom is -0.508 e. The van der Waals surface area contributed by atoms with Crippen molar-refractivity contribution in [2.24, 2.45) is 0 Å². The van der Waals surface area contributed by atoms with Crippen LogP contribution in [0.5, 0.6) is 5.75 Å². The summed E-state index contributed by atoms with van der Waals surface area (Å²) in [6, 6.07) is 12.5. The molecule has 1 saturated heterocycles. The number of aromatic hydroxyl groups is 1. The monoisotopic (exact) mass is 367 g/mol. The average Bonchev–Trinajstić information content (AvgIpc) is 3.34. The Kier molecular flexibility index (Phi) is 4.45. The van der Waals surface area contributed by atoms with Crippen LogP contribution in [0, 0.1) is 0 Å². The lowest BCUT2D eigenvalue weighted by Gasteiger charge is -2.39. The number of carboxylic acids is 1. The van der Waals surface area contributed by atoms with Crippen LogP contribution in [0.25, 0.3) is 11.5 Å². The van der Waals surface area contributed by atoms with E-state index in [1.807, 2.05) is 12.1 Å². The van der Waals surface area contributed by atoms with Gasteiger partial charge in [0.05, 0.1) is 6.26 Å². The summed E-state index contributed by atoms with van der Waals surface area (Å²) in [5.41, 5.74) is 0.583. The van der Waals surface area contributed by atoms with E-state index in [9.17, 15) is 15.0 Å². The number of phenols is 1. The van der Waals surface area contributed by atoms with Crippen LogP contribution in [0.4, 0.5) is 0 Å². The van der Waals surface area contributed by atoms with Crippen molar-refractivity contribution in [3.8, 4) is 17.2 Å². The zero-order chi connectivity index (χ0) is 18.9. The molecule has 7 heteroatoms. The molecule has 4 rings (SSSR count). The van der Waals surface area contributed by atoms with E-state index in [0.29, 0.717) is 43.9 Å². The summed E-state index contributed by atoms with van der Waals surface area (Å²) in [7, 11) is 0. The van der Waals surface area contributed by atoms with Crippen molar-refractivity contribution in [3.63, 3.8) is 0 Å². The summed E-state index contributed by atoms with van der Waals surface area (Å²) in [4.78, 5) is 14.3. The SMILES string of the molecule is O=C(O)C1(n2ccc(-c3ccco3)n2)CCN(Cc2cccc(O)c2)CC1. The summed E-state index contributed by atoms with van der Waals surface area (Å²) < 4.78 is 6.92. The maximum Gasteiger partial charge on any atom is 0.331 e. The highest BCUT2D eigenvalue weighted by Gasteiger charge is 2.44. The van der Waals surface area contributed by atoms with Gasteiger partial charge in [-0.05, 0) is 48.7 Å². The Labute approximate surface area is 156 Å². The molecule has 0 amide bonds. The number of hydrogen-bond donors (Lipinski definition) is 2. The number of likely N-dealkylation sites (tertiary alicyclic amines) is 1. The third-order valence-electron chi connectivity index (χ3n) is 5.20. The van der Waals surface area contributed by atoms with Crippen molar-refractivity contribution in [2.75, 3.05) is 13.1 Å². The fourth-order valence-corrected chi connectivity index (χ4v) is 3.65. The molecule has 0 unspecified atom stereocenters. The fraction of sp³-hybridized carbons (Fsp3) is 0.300. The molecule has 27 heavy (non-hydrogen) atoms. The number of aliphatic carboxylic acids is 1. The van der Waals surface area contributed by atoms with Crippen LogP contribution in [0.15, 0.2) is 59.3 Å². The summed E-state index contributed by atoms with van der Waals surface area (Å²) >= 11 is 0. The second-order valence-electron chi connectivity index (χ2n) is 6.91. The second kappa shape index (κ2) is 6.92. The van der Waals surface area contributed by atoms with Crippen LogP contribution in [0.2, 0.25) is 0 Å². The summed E-state index contributed by atoms with van der Waals surface area (Å²) in [6.45, 7) is 1.96. The molecule has 0 aliphatic carbocycles. The van der Waals surface area contributed by atoms with Crippen molar-refractivity contribution >= 4 is 5.97 Å². The van der Waals surface area contributed by atoms with Gasteiger partial charge in [0.2, 0.25) is 0 Å². The highest BCUT2D eigenvalue weighted by atomic mass is 16.4. The van der Waals surface area contributed by atoms with Gasteiger partial charge in [-0.25, -0.2) is 4.79 Å². The molecule has 2 N–H and O–H groups in total. The first-order valence-electron chi connectivity index (χ1n) is 8.90. The number of aromatic nitrogens is 2. The number of nitrogens with zero attached hydrogens (tertiary/aromatic N) is 3. The molecule has 1 aliphatic rings. The van der Waals surface area contributed by atoms with Crippen molar-refractivity contribution in [1.82, 2.24) is 14.7 Å². The molecule has 1 aliphatic heterocycles. The van der Waals surface area contributed by atoms with Crippen LogP contribution in [0.1, 0.15) is 18.4 Å². The topological polar surface area (TPSA) is 91.7 Å². The van der Waals surface area contributed by atoms with Crippen LogP contribution < -0.4 is 0 Å². The number of benzene rings is 1. The van der Waals surface area contributed by atoms with Gasteiger partial charge >= 0.3 is 5.97 Å². The smallest absolute Gasteiger partial charge is 0.331 e. The predicted molar refractivity (Wildman–Crippen MR) is 98.2 cm³/mol. The summed E-state index contributed by atoms with van der Waals surface area (Å²) in [5, 5.41) is 24.1. The highest BCUT2D eigenvalue weighted by Crippen LogP contribution is 2.32. The average molecular weight is 367 g/mol. The Balaban J connectivity index is 1.50. The van der Waals surface area contributed by atoms with E-state index in [4.69, 9.17) is 4.42 Å². The Morgan fingerprint density at radius 2 is 2.00 bits per heavy atom. The Hall–Kier alpha value is -3.06. The lowest BCUT2D eigenvalue weighted by atomic mass is 9.87. The van der Waals surface area contributed by atoms with Crippen molar-refractivity contribution in [1.29, 1.82) is 0 Å². The van der Waals surface area contributed by atoms with Gasteiger partial charge in [0, 0.05) is 25.8 Å². The molecule has 0 saturated carbocycles. The zero-order valence-electron chi connectivity index (χ0n) is 14.8. The molecule has 3 heterocycles. The van der Waals surface area contributed by atoms with Gasteiger partial charge in [-0.3, -0.25) is 9.58 Å². The van der Waals surface area contributed by atoms with Gasteiger partial charge in [0.25, 0.3) is 0 Å². The van der Waals surface area contributed by atoms with E-state index in [-0.39, 0.29) is 5.75 Å². The van der Waals surface area contributed by atoms with Gasteiger partial charge in [-0.1, -0.05) is 12.1 Å². The number of hydrogen-bond acceptors (Lipinski definition) is 5. The minimum atomic E-state index is -1.06. The van der Waals surface area contributed by atoms with Gasteiger partial charge < -0.3 is 14.6 Å². The fourth-order valence-electron chi connectivity index (χ4n) is 3.65. The van der Waals surface area contributed by atoms with E-state index < -0.39 is 11.5 Å².